The Labute approximate surface area is 134 Å². The Kier molecular flexibility index (Phi) is 3.63. The van der Waals surface area contributed by atoms with E-state index in [0.717, 1.165) is 0 Å². The van der Waals surface area contributed by atoms with E-state index in [1.807, 2.05) is 0 Å². The zero-order valence-corrected chi connectivity index (χ0v) is 13.3. The molecule has 3 rings (SSSR count). The maximum atomic E-state index is 12.8. The smallest absolute Gasteiger partial charge is 0.308 e. The van der Waals surface area contributed by atoms with Gasteiger partial charge in [-0.2, -0.15) is 0 Å². The summed E-state index contributed by atoms with van der Waals surface area (Å²) >= 11 is 0. The summed E-state index contributed by atoms with van der Waals surface area (Å²) in [6, 6.07) is 11.0. The normalized spacial score (nSPS) is 16.9. The van der Waals surface area contributed by atoms with Gasteiger partial charge in [0.1, 0.15) is 5.75 Å². The van der Waals surface area contributed by atoms with Gasteiger partial charge in [0.15, 0.2) is 5.78 Å². The first kappa shape index (κ1) is 15.5. The Balaban J connectivity index is 2.25. The number of ether oxygens (including phenoxy) is 1. The lowest BCUT2D eigenvalue weighted by atomic mass is 10.0. The maximum absolute atomic E-state index is 12.8. The van der Waals surface area contributed by atoms with Crippen molar-refractivity contribution in [1.29, 1.82) is 0 Å². The van der Waals surface area contributed by atoms with Gasteiger partial charge in [-0.15, -0.1) is 0 Å². The van der Waals surface area contributed by atoms with Gasteiger partial charge in [0.25, 0.3) is 0 Å². The molecule has 0 fully saturated rings. The molecular weight excluding hydrogens is 318 g/mol. The van der Waals surface area contributed by atoms with E-state index in [4.69, 9.17) is 4.74 Å². The number of nitrogens with zero attached hydrogens (tertiary/aromatic N) is 1. The summed E-state index contributed by atoms with van der Waals surface area (Å²) in [5.74, 6) is -0.685. The minimum Gasteiger partial charge on any atom is -0.427 e. The van der Waals surface area contributed by atoms with E-state index >= 15 is 0 Å². The van der Waals surface area contributed by atoms with E-state index in [2.05, 4.69) is 0 Å². The van der Waals surface area contributed by atoms with Crippen LogP contribution in [0.1, 0.15) is 22.8 Å². The summed E-state index contributed by atoms with van der Waals surface area (Å²) in [7, 11) is -1.93. The van der Waals surface area contributed by atoms with E-state index in [9.17, 15) is 18.7 Å². The SMILES string of the molecule is CC(=O)Oc1ccc2c(c1)S(O)(O)N(C)c1ccccc1C2=O. The summed E-state index contributed by atoms with van der Waals surface area (Å²) in [5.41, 5.74) is 0.995. The summed E-state index contributed by atoms with van der Waals surface area (Å²) in [4.78, 5) is 23.9. The van der Waals surface area contributed by atoms with Crippen LogP contribution in [0.2, 0.25) is 0 Å². The third-order valence-electron chi connectivity index (χ3n) is 3.62. The van der Waals surface area contributed by atoms with Crippen LogP contribution >= 0.6 is 10.8 Å². The molecule has 2 aromatic carbocycles. The Morgan fingerprint density at radius 2 is 1.83 bits per heavy atom. The van der Waals surface area contributed by atoms with Crippen LogP contribution in [-0.4, -0.2) is 27.9 Å². The standard InChI is InChI=1S/C16H15NO5S/c1-10(18)22-11-7-8-13-15(9-11)23(20,21)17(2)14-6-4-3-5-12(14)16(13)19/h3-9,20-21H,1-2H3. The van der Waals surface area contributed by atoms with Crippen LogP contribution in [0.4, 0.5) is 5.69 Å². The molecule has 120 valence electrons. The zero-order chi connectivity index (χ0) is 16.8. The number of ketones is 1. The molecule has 2 aromatic rings. The van der Waals surface area contributed by atoms with Gasteiger partial charge in [0.05, 0.1) is 10.6 Å². The lowest BCUT2D eigenvalue weighted by Gasteiger charge is -2.41. The molecule has 0 aliphatic carbocycles. The molecule has 0 radical (unpaired) electrons. The summed E-state index contributed by atoms with van der Waals surface area (Å²) in [5, 5.41) is 0. The van der Waals surface area contributed by atoms with Crippen molar-refractivity contribution in [3.8, 4) is 5.75 Å². The zero-order valence-electron chi connectivity index (χ0n) is 12.5. The molecule has 0 saturated carbocycles. The second-order valence-corrected chi connectivity index (χ2v) is 7.14. The molecule has 1 aliphatic rings. The van der Waals surface area contributed by atoms with Gasteiger partial charge in [-0.3, -0.25) is 23.0 Å². The fourth-order valence-electron chi connectivity index (χ4n) is 2.52. The van der Waals surface area contributed by atoms with E-state index in [1.54, 1.807) is 24.3 Å². The fraction of sp³-hybridized carbons (Fsp3) is 0.125. The highest BCUT2D eigenvalue weighted by Crippen LogP contribution is 2.57. The number of benzene rings is 2. The van der Waals surface area contributed by atoms with Crippen molar-refractivity contribution in [2.45, 2.75) is 11.8 Å². The molecule has 0 saturated heterocycles. The highest BCUT2D eigenvalue weighted by atomic mass is 32.3. The molecule has 0 aromatic heterocycles. The minimum atomic E-state index is -3.44. The van der Waals surface area contributed by atoms with Crippen molar-refractivity contribution in [3.05, 3.63) is 53.6 Å². The number of hydrogen-bond donors (Lipinski definition) is 2. The molecule has 0 unspecified atom stereocenters. The topological polar surface area (TPSA) is 87.1 Å². The number of hydrogen-bond acceptors (Lipinski definition) is 6. The van der Waals surface area contributed by atoms with Crippen molar-refractivity contribution in [2.75, 3.05) is 11.4 Å². The van der Waals surface area contributed by atoms with E-state index < -0.39 is 16.7 Å². The van der Waals surface area contributed by atoms with Gasteiger partial charge in [-0.05, 0) is 24.3 Å². The number of rotatable bonds is 1. The Bertz CT molecular complexity index is 818. The Morgan fingerprint density at radius 1 is 1.13 bits per heavy atom. The number of carbonyl (C=O) groups is 2. The van der Waals surface area contributed by atoms with Crippen molar-refractivity contribution < 1.29 is 23.4 Å². The summed E-state index contributed by atoms with van der Waals surface area (Å²) in [6.45, 7) is 1.25. The van der Waals surface area contributed by atoms with Crippen molar-refractivity contribution >= 4 is 28.2 Å². The van der Waals surface area contributed by atoms with Gasteiger partial charge >= 0.3 is 5.97 Å². The van der Waals surface area contributed by atoms with Crippen LogP contribution < -0.4 is 9.04 Å². The average molecular weight is 333 g/mol. The van der Waals surface area contributed by atoms with Gasteiger partial charge in [-0.25, -0.2) is 0 Å². The monoisotopic (exact) mass is 333 g/mol. The Morgan fingerprint density at radius 3 is 2.52 bits per heavy atom. The molecule has 0 amide bonds. The molecular formula is C16H15NO5S. The highest BCUT2D eigenvalue weighted by Gasteiger charge is 2.34. The summed E-state index contributed by atoms with van der Waals surface area (Å²) in [6.07, 6.45) is 0. The molecule has 7 heteroatoms. The highest BCUT2D eigenvalue weighted by molar-refractivity contribution is 8.25. The van der Waals surface area contributed by atoms with E-state index in [0.29, 0.717) is 11.3 Å². The quantitative estimate of drug-likeness (QED) is 0.615. The predicted octanol–water partition coefficient (Wildman–Crippen LogP) is 3.32. The molecule has 1 heterocycles. The molecule has 23 heavy (non-hydrogen) atoms. The van der Waals surface area contributed by atoms with E-state index in [1.165, 1.54) is 36.5 Å². The lowest BCUT2D eigenvalue weighted by molar-refractivity contribution is -0.131. The van der Waals surface area contributed by atoms with Crippen LogP contribution in [0.5, 0.6) is 5.75 Å². The summed E-state index contributed by atoms with van der Waals surface area (Å²) < 4.78 is 27.6. The number of fused-ring (bicyclic) bond motifs is 2. The van der Waals surface area contributed by atoms with Gasteiger partial charge < -0.3 is 4.74 Å². The van der Waals surface area contributed by atoms with Gasteiger partial charge in [0, 0.05) is 31.2 Å². The second kappa shape index (κ2) is 5.38. The molecule has 6 nitrogen and oxygen atoms in total. The average Bonchev–Trinajstić information content (AvgIpc) is 2.57. The largest absolute Gasteiger partial charge is 0.427 e. The van der Waals surface area contributed by atoms with Crippen LogP contribution in [-0.2, 0) is 4.79 Å². The predicted molar refractivity (Wildman–Crippen MR) is 87.1 cm³/mol. The fourth-order valence-corrected chi connectivity index (χ4v) is 3.97. The molecule has 0 atom stereocenters. The van der Waals surface area contributed by atoms with Gasteiger partial charge in [-0.1, -0.05) is 22.9 Å². The number of anilines is 1. The van der Waals surface area contributed by atoms with Crippen LogP contribution in [0.15, 0.2) is 47.4 Å². The molecule has 2 N–H and O–H groups in total. The van der Waals surface area contributed by atoms with E-state index in [-0.39, 0.29) is 22.0 Å². The first-order chi connectivity index (χ1) is 10.8. The minimum absolute atomic E-state index is 0.0416. The van der Waals surface area contributed by atoms with Crippen LogP contribution in [0.3, 0.4) is 0 Å². The van der Waals surface area contributed by atoms with Crippen molar-refractivity contribution in [1.82, 2.24) is 0 Å². The third-order valence-corrected chi connectivity index (χ3v) is 5.51. The second-order valence-electron chi connectivity index (χ2n) is 5.11. The van der Waals surface area contributed by atoms with Gasteiger partial charge in [0.2, 0.25) is 0 Å². The molecule has 1 aliphatic heterocycles. The number of para-hydroxylation sites is 1. The third kappa shape index (κ3) is 2.48. The molecule has 0 spiro atoms. The van der Waals surface area contributed by atoms with Crippen LogP contribution in [0.25, 0.3) is 0 Å². The van der Waals surface area contributed by atoms with Crippen molar-refractivity contribution in [3.63, 3.8) is 0 Å². The lowest BCUT2D eigenvalue weighted by Crippen LogP contribution is -2.23. The Hall–Kier alpha value is -2.35. The first-order valence-electron chi connectivity index (χ1n) is 6.80. The van der Waals surface area contributed by atoms with Crippen molar-refractivity contribution in [2.24, 2.45) is 0 Å². The first-order valence-corrected chi connectivity index (χ1v) is 8.31. The molecule has 0 bridgehead atoms. The maximum Gasteiger partial charge on any atom is 0.308 e. The number of esters is 1. The number of carbonyl (C=O) groups excluding carboxylic acids is 2. The van der Waals surface area contributed by atoms with Crippen LogP contribution in [0, 0.1) is 0 Å².